The van der Waals surface area contributed by atoms with Crippen molar-refractivity contribution >= 4 is 10.8 Å². The van der Waals surface area contributed by atoms with Gasteiger partial charge in [-0.3, -0.25) is 4.98 Å². The molecule has 3 nitrogen and oxygen atoms in total. The monoisotopic (exact) mass is 301 g/mol. The normalized spacial score (nSPS) is 10.7. The SMILES string of the molecule is C#CCCc1cc(-c2cc3c(C)nnc(C)c3cn2)ccc1C. The van der Waals surface area contributed by atoms with Gasteiger partial charge in [-0.1, -0.05) is 12.1 Å². The van der Waals surface area contributed by atoms with Crippen molar-refractivity contribution in [2.45, 2.75) is 33.6 Å². The quantitative estimate of drug-likeness (QED) is 0.681. The van der Waals surface area contributed by atoms with Gasteiger partial charge in [0.25, 0.3) is 0 Å². The summed E-state index contributed by atoms with van der Waals surface area (Å²) in [6.45, 7) is 6.05. The molecule has 0 aliphatic rings. The Morgan fingerprint density at radius 1 is 1.00 bits per heavy atom. The number of pyridine rings is 1. The number of nitrogens with zero attached hydrogens (tertiary/aromatic N) is 3. The Labute approximate surface area is 136 Å². The molecule has 0 saturated carbocycles. The molecule has 0 unspecified atom stereocenters. The zero-order chi connectivity index (χ0) is 16.4. The van der Waals surface area contributed by atoms with Crippen LogP contribution in [0.25, 0.3) is 22.0 Å². The van der Waals surface area contributed by atoms with Gasteiger partial charge in [-0.15, -0.1) is 12.3 Å². The van der Waals surface area contributed by atoms with Crippen molar-refractivity contribution in [3.63, 3.8) is 0 Å². The van der Waals surface area contributed by atoms with Crippen LogP contribution in [0.2, 0.25) is 0 Å². The maximum Gasteiger partial charge on any atom is 0.0709 e. The molecule has 114 valence electrons. The van der Waals surface area contributed by atoms with E-state index in [0.29, 0.717) is 0 Å². The third kappa shape index (κ3) is 2.93. The minimum Gasteiger partial charge on any atom is -0.256 e. The van der Waals surface area contributed by atoms with Crippen molar-refractivity contribution in [1.29, 1.82) is 0 Å². The van der Waals surface area contributed by atoms with E-state index < -0.39 is 0 Å². The Morgan fingerprint density at radius 3 is 2.48 bits per heavy atom. The molecule has 0 aliphatic heterocycles. The second-order valence-electron chi connectivity index (χ2n) is 5.83. The Bertz CT molecular complexity index is 920. The summed E-state index contributed by atoms with van der Waals surface area (Å²) in [6.07, 6.45) is 8.93. The predicted octanol–water partition coefficient (Wildman–Crippen LogP) is 4.18. The molecule has 2 heterocycles. The van der Waals surface area contributed by atoms with Crippen molar-refractivity contribution in [1.82, 2.24) is 15.2 Å². The van der Waals surface area contributed by atoms with E-state index in [9.17, 15) is 0 Å². The molecule has 0 saturated heterocycles. The summed E-state index contributed by atoms with van der Waals surface area (Å²) in [7, 11) is 0. The first-order valence-corrected chi connectivity index (χ1v) is 7.73. The highest BCUT2D eigenvalue weighted by Crippen LogP contribution is 2.26. The van der Waals surface area contributed by atoms with E-state index in [2.05, 4.69) is 52.3 Å². The Balaban J connectivity index is 2.10. The molecule has 3 aromatic rings. The molecule has 0 radical (unpaired) electrons. The fraction of sp³-hybridized carbons (Fsp3) is 0.250. The van der Waals surface area contributed by atoms with E-state index in [1.165, 1.54) is 11.1 Å². The first-order chi connectivity index (χ1) is 11.1. The molecular formula is C20H19N3. The molecule has 0 atom stereocenters. The smallest absolute Gasteiger partial charge is 0.0709 e. The Morgan fingerprint density at radius 2 is 1.74 bits per heavy atom. The summed E-state index contributed by atoms with van der Waals surface area (Å²) in [5, 5.41) is 10.5. The van der Waals surface area contributed by atoms with Crippen molar-refractivity contribution in [3.05, 3.63) is 53.0 Å². The standard InChI is InChI=1S/C20H19N3/c1-5-6-7-16-10-17(9-8-13(16)2)20-11-18-14(3)22-23-15(4)19(18)12-21-20/h1,8-12H,6-7H2,2-4H3. The van der Waals surface area contributed by atoms with Crippen LogP contribution in [0, 0.1) is 33.1 Å². The van der Waals surface area contributed by atoms with Gasteiger partial charge in [-0.25, -0.2) is 0 Å². The average molecular weight is 301 g/mol. The van der Waals surface area contributed by atoms with Crippen LogP contribution in [0.1, 0.15) is 28.9 Å². The molecule has 0 amide bonds. The van der Waals surface area contributed by atoms with Crippen LogP contribution in [0.15, 0.2) is 30.5 Å². The van der Waals surface area contributed by atoms with Crippen LogP contribution in [0.5, 0.6) is 0 Å². The van der Waals surface area contributed by atoms with Crippen LogP contribution in [-0.2, 0) is 6.42 Å². The van der Waals surface area contributed by atoms with Gasteiger partial charge in [0, 0.05) is 29.0 Å². The van der Waals surface area contributed by atoms with Crippen LogP contribution in [0.4, 0.5) is 0 Å². The fourth-order valence-electron chi connectivity index (χ4n) is 2.77. The zero-order valence-corrected chi connectivity index (χ0v) is 13.7. The van der Waals surface area contributed by atoms with Crippen molar-refractivity contribution in [2.24, 2.45) is 0 Å². The summed E-state index contributed by atoms with van der Waals surface area (Å²) in [5.74, 6) is 2.71. The summed E-state index contributed by atoms with van der Waals surface area (Å²) >= 11 is 0. The first-order valence-electron chi connectivity index (χ1n) is 7.73. The highest BCUT2D eigenvalue weighted by molar-refractivity contribution is 5.88. The molecule has 1 aromatic carbocycles. The fourth-order valence-corrected chi connectivity index (χ4v) is 2.77. The average Bonchev–Trinajstić information content (AvgIpc) is 2.57. The first kappa shape index (κ1) is 15.2. The molecule has 3 rings (SSSR count). The molecule has 2 aromatic heterocycles. The van der Waals surface area contributed by atoms with Crippen LogP contribution in [0.3, 0.4) is 0 Å². The maximum absolute atomic E-state index is 5.39. The van der Waals surface area contributed by atoms with E-state index in [-0.39, 0.29) is 0 Å². The third-order valence-corrected chi connectivity index (χ3v) is 4.22. The minimum absolute atomic E-state index is 0.753. The molecule has 0 bridgehead atoms. The predicted molar refractivity (Wildman–Crippen MR) is 94.1 cm³/mol. The second kappa shape index (κ2) is 6.18. The molecular weight excluding hydrogens is 282 g/mol. The van der Waals surface area contributed by atoms with Gasteiger partial charge >= 0.3 is 0 Å². The number of benzene rings is 1. The number of aryl methyl sites for hydroxylation is 4. The number of terminal acetylenes is 1. The van der Waals surface area contributed by atoms with Gasteiger partial charge in [0.2, 0.25) is 0 Å². The second-order valence-corrected chi connectivity index (χ2v) is 5.83. The molecule has 0 spiro atoms. The highest BCUT2D eigenvalue weighted by atomic mass is 15.1. The van der Waals surface area contributed by atoms with Gasteiger partial charge in [-0.05, 0) is 50.5 Å². The maximum atomic E-state index is 5.39. The lowest BCUT2D eigenvalue weighted by Gasteiger charge is -2.09. The molecule has 3 heteroatoms. The molecule has 0 N–H and O–H groups in total. The lowest BCUT2D eigenvalue weighted by molar-refractivity contribution is 0.963. The van der Waals surface area contributed by atoms with Gasteiger partial charge in [-0.2, -0.15) is 10.2 Å². The summed E-state index contributed by atoms with van der Waals surface area (Å²) in [4.78, 5) is 4.62. The zero-order valence-electron chi connectivity index (χ0n) is 13.7. The summed E-state index contributed by atoms with van der Waals surface area (Å²) < 4.78 is 0. The van der Waals surface area contributed by atoms with Crippen molar-refractivity contribution in [2.75, 3.05) is 0 Å². The topological polar surface area (TPSA) is 38.7 Å². The van der Waals surface area contributed by atoms with Crippen molar-refractivity contribution in [3.8, 4) is 23.6 Å². The number of hydrogen-bond acceptors (Lipinski definition) is 3. The number of aromatic nitrogens is 3. The molecule has 23 heavy (non-hydrogen) atoms. The summed E-state index contributed by atoms with van der Waals surface area (Å²) in [6, 6.07) is 8.54. The molecule has 0 aliphatic carbocycles. The van der Waals surface area contributed by atoms with Gasteiger partial charge in [0.05, 0.1) is 17.1 Å². The lowest BCUT2D eigenvalue weighted by Crippen LogP contribution is -1.96. The molecule has 0 fully saturated rings. The lowest BCUT2D eigenvalue weighted by atomic mass is 9.98. The van der Waals surface area contributed by atoms with E-state index >= 15 is 0 Å². The van der Waals surface area contributed by atoms with Crippen molar-refractivity contribution < 1.29 is 0 Å². The number of rotatable bonds is 3. The van der Waals surface area contributed by atoms with E-state index in [4.69, 9.17) is 6.42 Å². The van der Waals surface area contributed by atoms with Gasteiger partial charge < -0.3 is 0 Å². The van der Waals surface area contributed by atoms with Gasteiger partial charge in [0.15, 0.2) is 0 Å². The number of fused-ring (bicyclic) bond motifs is 1. The Kier molecular flexibility index (Phi) is 4.08. The minimum atomic E-state index is 0.753. The highest BCUT2D eigenvalue weighted by Gasteiger charge is 2.08. The van der Waals surface area contributed by atoms with Crippen LogP contribution >= 0.6 is 0 Å². The van der Waals surface area contributed by atoms with E-state index in [1.54, 1.807) is 0 Å². The largest absolute Gasteiger partial charge is 0.256 e. The number of hydrogen-bond donors (Lipinski definition) is 0. The summed E-state index contributed by atoms with van der Waals surface area (Å²) in [5.41, 5.74) is 6.44. The van der Waals surface area contributed by atoms with Crippen LogP contribution in [-0.4, -0.2) is 15.2 Å². The van der Waals surface area contributed by atoms with E-state index in [0.717, 1.165) is 46.3 Å². The third-order valence-electron chi connectivity index (χ3n) is 4.22. The van der Waals surface area contributed by atoms with Crippen LogP contribution < -0.4 is 0 Å². The Hall–Kier alpha value is -2.73. The van der Waals surface area contributed by atoms with Gasteiger partial charge in [0.1, 0.15) is 0 Å². The van der Waals surface area contributed by atoms with E-state index in [1.807, 2.05) is 20.0 Å².